The highest BCUT2D eigenvalue weighted by atomic mass is 14.9. The number of benzene rings is 1. The van der Waals surface area contributed by atoms with E-state index in [9.17, 15) is 0 Å². The van der Waals surface area contributed by atoms with Crippen LogP contribution in [0.1, 0.15) is 134 Å². The van der Waals surface area contributed by atoms with Crippen molar-refractivity contribution in [3.05, 3.63) is 66.0 Å². The predicted molar refractivity (Wildman–Crippen MR) is 180 cm³/mol. The monoisotopic (exact) mass is 574 g/mol. The third-order valence-electron chi connectivity index (χ3n) is 10.8. The van der Waals surface area contributed by atoms with Crippen molar-refractivity contribution < 1.29 is 0 Å². The van der Waals surface area contributed by atoms with Crippen molar-refractivity contribution in [2.24, 2.45) is 11.8 Å². The molecule has 1 saturated carbocycles. The highest BCUT2D eigenvalue weighted by Gasteiger charge is 2.27. The second kappa shape index (κ2) is 18.8. The minimum Gasteiger partial charge on any atom is -0.314 e. The lowest BCUT2D eigenvalue weighted by Crippen LogP contribution is -2.42. The second-order valence-corrected chi connectivity index (χ2v) is 13.7. The van der Waals surface area contributed by atoms with E-state index >= 15 is 0 Å². The first-order valence-corrected chi connectivity index (χ1v) is 17.8. The van der Waals surface area contributed by atoms with Crippen molar-refractivity contribution in [2.45, 2.75) is 141 Å². The molecule has 4 aliphatic rings. The van der Waals surface area contributed by atoms with Crippen LogP contribution in [0.25, 0.3) is 0 Å². The van der Waals surface area contributed by atoms with Crippen LogP contribution in [0.15, 0.2) is 54.7 Å². The molecule has 6 atom stereocenters. The van der Waals surface area contributed by atoms with Crippen LogP contribution in [-0.2, 0) is 0 Å². The quantitative estimate of drug-likeness (QED) is 0.323. The maximum absolute atomic E-state index is 4.41. The zero-order chi connectivity index (χ0) is 29.4. The van der Waals surface area contributed by atoms with Crippen molar-refractivity contribution in [1.29, 1.82) is 0 Å². The van der Waals surface area contributed by atoms with Crippen LogP contribution in [0, 0.1) is 11.8 Å². The predicted octanol–water partition coefficient (Wildman–Crippen LogP) is 8.60. The first kappa shape index (κ1) is 33.1. The zero-order valence-electron chi connectivity index (χ0n) is 27.2. The van der Waals surface area contributed by atoms with E-state index in [1.54, 1.807) is 0 Å². The molecule has 4 nitrogen and oxygen atoms in total. The van der Waals surface area contributed by atoms with Crippen LogP contribution in [0.3, 0.4) is 0 Å². The van der Waals surface area contributed by atoms with Crippen molar-refractivity contribution in [1.82, 2.24) is 20.9 Å². The van der Waals surface area contributed by atoms with Gasteiger partial charge in [-0.2, -0.15) is 0 Å². The van der Waals surface area contributed by atoms with Gasteiger partial charge in [-0.15, -0.1) is 0 Å². The summed E-state index contributed by atoms with van der Waals surface area (Å²) < 4.78 is 0. The van der Waals surface area contributed by atoms with Crippen LogP contribution in [0.5, 0.6) is 0 Å². The number of hydrogen-bond acceptors (Lipinski definition) is 4. The molecule has 0 bridgehead atoms. The summed E-state index contributed by atoms with van der Waals surface area (Å²) >= 11 is 0. The van der Waals surface area contributed by atoms with Gasteiger partial charge in [0, 0.05) is 35.9 Å². The van der Waals surface area contributed by atoms with Crippen LogP contribution < -0.4 is 16.0 Å². The Labute approximate surface area is 258 Å². The van der Waals surface area contributed by atoms with Gasteiger partial charge in [0.2, 0.25) is 0 Å². The van der Waals surface area contributed by atoms with Gasteiger partial charge >= 0.3 is 0 Å². The average molecular weight is 575 g/mol. The molecule has 2 aromatic rings. The lowest BCUT2D eigenvalue weighted by molar-refractivity contribution is 0.190. The lowest BCUT2D eigenvalue weighted by atomic mass is 9.76. The van der Waals surface area contributed by atoms with E-state index in [-0.39, 0.29) is 0 Å². The number of rotatable bonds is 6. The Morgan fingerprint density at radius 1 is 0.548 bits per heavy atom. The van der Waals surface area contributed by atoms with E-state index in [0.717, 1.165) is 17.9 Å². The SMILES string of the molecule is CC(C1CCCCC1)C1CCCCN1.CC(c1ccccc1)C1CCCCN1.CC(c1ccccn1)C1CCCCN1. The maximum Gasteiger partial charge on any atom is 0.0447 e. The van der Waals surface area contributed by atoms with Gasteiger partial charge in [0.15, 0.2) is 0 Å². The van der Waals surface area contributed by atoms with Crippen LogP contribution in [0.4, 0.5) is 0 Å². The van der Waals surface area contributed by atoms with Gasteiger partial charge in [0.05, 0.1) is 0 Å². The molecule has 6 unspecified atom stereocenters. The molecule has 3 N–H and O–H groups in total. The Morgan fingerprint density at radius 2 is 1.07 bits per heavy atom. The molecule has 4 heterocycles. The van der Waals surface area contributed by atoms with Gasteiger partial charge in [-0.05, 0) is 93.6 Å². The molecule has 3 saturated heterocycles. The molecule has 42 heavy (non-hydrogen) atoms. The summed E-state index contributed by atoms with van der Waals surface area (Å²) in [5.74, 6) is 3.14. The number of nitrogens with zero attached hydrogens (tertiary/aromatic N) is 1. The third kappa shape index (κ3) is 10.8. The Bertz CT molecular complexity index is 849. The first-order chi connectivity index (χ1) is 20.6. The normalized spacial score (nSPS) is 27.3. The summed E-state index contributed by atoms with van der Waals surface area (Å²) in [5.41, 5.74) is 2.68. The minimum atomic E-state index is 0.538. The second-order valence-electron chi connectivity index (χ2n) is 13.7. The van der Waals surface area contributed by atoms with Crippen molar-refractivity contribution >= 4 is 0 Å². The number of hydrogen-bond donors (Lipinski definition) is 3. The van der Waals surface area contributed by atoms with Gasteiger partial charge in [-0.3, -0.25) is 4.98 Å². The standard InChI is InChI=1S/C13H25N.C13H19N.C12H18N2/c2*1-11(12-7-3-2-4-8-12)13-9-5-6-10-14-13;1-10(11-6-2-4-8-13-11)12-7-3-5-9-14-12/h11-14H,2-10H2,1H3;2-4,7-8,11,13-14H,5-6,9-10H2,1H3;2,4,6,8,10,12,14H,3,5,7,9H2,1H3. The molecule has 0 radical (unpaired) electrons. The molecule has 1 aromatic carbocycles. The fraction of sp³-hybridized carbons (Fsp3) is 0.711. The van der Waals surface area contributed by atoms with Gasteiger partial charge in [0.1, 0.15) is 0 Å². The van der Waals surface area contributed by atoms with E-state index in [0.29, 0.717) is 23.9 Å². The highest BCUT2D eigenvalue weighted by molar-refractivity contribution is 5.20. The third-order valence-corrected chi connectivity index (χ3v) is 10.8. The first-order valence-electron chi connectivity index (χ1n) is 17.8. The molecule has 4 heteroatoms. The molecule has 3 aliphatic heterocycles. The van der Waals surface area contributed by atoms with Crippen molar-refractivity contribution in [3.63, 3.8) is 0 Å². The molecular weight excluding hydrogens is 512 g/mol. The number of pyridine rings is 1. The van der Waals surface area contributed by atoms with Crippen molar-refractivity contribution in [3.8, 4) is 0 Å². The van der Waals surface area contributed by atoms with Gasteiger partial charge in [-0.1, -0.05) is 109 Å². The van der Waals surface area contributed by atoms with Gasteiger partial charge < -0.3 is 16.0 Å². The molecule has 6 rings (SSSR count). The van der Waals surface area contributed by atoms with Crippen molar-refractivity contribution in [2.75, 3.05) is 19.6 Å². The van der Waals surface area contributed by atoms with E-state index in [4.69, 9.17) is 0 Å². The summed E-state index contributed by atoms with van der Waals surface area (Å²) in [6, 6.07) is 19.2. The summed E-state index contributed by atoms with van der Waals surface area (Å²) in [6.45, 7) is 10.7. The summed E-state index contributed by atoms with van der Waals surface area (Å²) in [5, 5.41) is 10.9. The molecular formula is C38H62N4. The molecule has 1 aromatic heterocycles. The number of aromatic nitrogens is 1. The van der Waals surface area contributed by atoms with Crippen LogP contribution in [-0.4, -0.2) is 42.7 Å². The lowest BCUT2D eigenvalue weighted by Gasteiger charge is -2.36. The molecule has 1 aliphatic carbocycles. The topological polar surface area (TPSA) is 49.0 Å². The van der Waals surface area contributed by atoms with Gasteiger partial charge in [0.25, 0.3) is 0 Å². The summed E-state index contributed by atoms with van der Waals surface area (Å²) in [6.07, 6.45) is 21.7. The van der Waals surface area contributed by atoms with E-state index in [1.165, 1.54) is 121 Å². The minimum absolute atomic E-state index is 0.538. The Morgan fingerprint density at radius 3 is 1.60 bits per heavy atom. The molecule has 0 spiro atoms. The van der Waals surface area contributed by atoms with Crippen LogP contribution >= 0.6 is 0 Å². The average Bonchev–Trinajstić information content (AvgIpc) is 3.10. The fourth-order valence-electron chi connectivity index (χ4n) is 7.77. The number of nitrogens with one attached hydrogen (secondary N) is 3. The number of piperidine rings is 3. The Hall–Kier alpha value is -1.75. The van der Waals surface area contributed by atoms with E-state index in [1.807, 2.05) is 12.3 Å². The summed E-state index contributed by atoms with van der Waals surface area (Å²) in [7, 11) is 0. The van der Waals surface area contributed by atoms with Crippen LogP contribution in [0.2, 0.25) is 0 Å². The van der Waals surface area contributed by atoms with Gasteiger partial charge in [-0.25, -0.2) is 0 Å². The highest BCUT2D eigenvalue weighted by Crippen LogP contribution is 2.33. The largest absolute Gasteiger partial charge is 0.314 e. The molecule has 4 fully saturated rings. The fourth-order valence-corrected chi connectivity index (χ4v) is 7.77. The van der Waals surface area contributed by atoms with E-state index in [2.05, 4.69) is 84.2 Å². The Kier molecular flexibility index (Phi) is 14.8. The Balaban J connectivity index is 0.000000145. The molecule has 234 valence electrons. The smallest absolute Gasteiger partial charge is 0.0447 e. The summed E-state index contributed by atoms with van der Waals surface area (Å²) in [4.78, 5) is 4.41. The maximum atomic E-state index is 4.41. The van der Waals surface area contributed by atoms with E-state index < -0.39 is 0 Å². The molecule has 0 amide bonds. The zero-order valence-corrected chi connectivity index (χ0v) is 27.2.